The molecule has 0 aliphatic heterocycles. The minimum Gasteiger partial charge on any atom is -0.493 e. The van der Waals surface area contributed by atoms with Crippen LogP contribution >= 0.6 is 0 Å². The van der Waals surface area contributed by atoms with Gasteiger partial charge in [-0.2, -0.15) is 5.10 Å². The van der Waals surface area contributed by atoms with Crippen molar-refractivity contribution >= 4 is 5.91 Å². The number of hydrogen-bond donors (Lipinski definition) is 2. The number of benzene rings is 1. The molecule has 1 aromatic heterocycles. The van der Waals surface area contributed by atoms with Gasteiger partial charge in [0.2, 0.25) is 5.91 Å². The summed E-state index contributed by atoms with van der Waals surface area (Å²) < 4.78 is 10.4. The number of aromatic nitrogens is 2. The molecule has 0 aliphatic carbocycles. The van der Waals surface area contributed by atoms with Gasteiger partial charge in [0, 0.05) is 18.4 Å². The average Bonchev–Trinajstić information content (AvgIpc) is 2.97. The van der Waals surface area contributed by atoms with E-state index in [9.17, 15) is 4.79 Å². The van der Waals surface area contributed by atoms with Gasteiger partial charge in [-0.3, -0.25) is 9.89 Å². The molecule has 6 heteroatoms. The number of carbonyl (C=O) groups is 1. The Morgan fingerprint density at radius 3 is 2.70 bits per heavy atom. The van der Waals surface area contributed by atoms with Crippen molar-refractivity contribution in [1.29, 1.82) is 0 Å². The predicted molar refractivity (Wildman–Crippen MR) is 73.7 cm³/mol. The van der Waals surface area contributed by atoms with E-state index in [0.29, 0.717) is 18.0 Å². The molecular formula is C14H17N3O3. The largest absolute Gasteiger partial charge is 0.493 e. The first-order chi connectivity index (χ1) is 9.72. The zero-order valence-electron chi connectivity index (χ0n) is 11.5. The summed E-state index contributed by atoms with van der Waals surface area (Å²) in [4.78, 5) is 11.7. The van der Waals surface area contributed by atoms with E-state index < -0.39 is 0 Å². The number of hydrogen-bond acceptors (Lipinski definition) is 4. The summed E-state index contributed by atoms with van der Waals surface area (Å²) in [6, 6.07) is 7.32. The van der Waals surface area contributed by atoms with E-state index in [1.807, 2.05) is 18.2 Å². The van der Waals surface area contributed by atoms with Crippen LogP contribution in [0.3, 0.4) is 0 Å². The maximum Gasteiger partial charge on any atom is 0.226 e. The first-order valence-corrected chi connectivity index (χ1v) is 6.18. The third kappa shape index (κ3) is 3.50. The van der Waals surface area contributed by atoms with Crippen molar-refractivity contribution in [2.75, 3.05) is 14.2 Å². The lowest BCUT2D eigenvalue weighted by atomic mass is 10.2. The summed E-state index contributed by atoms with van der Waals surface area (Å²) in [6.45, 7) is 0.438. The average molecular weight is 275 g/mol. The molecule has 1 aromatic carbocycles. The van der Waals surface area contributed by atoms with Crippen molar-refractivity contribution in [1.82, 2.24) is 15.5 Å². The Kier molecular flexibility index (Phi) is 4.60. The molecule has 1 amide bonds. The molecular weight excluding hydrogens is 258 g/mol. The van der Waals surface area contributed by atoms with Crippen LogP contribution in [0.15, 0.2) is 30.5 Å². The van der Waals surface area contributed by atoms with Crippen LogP contribution in [0.25, 0.3) is 0 Å². The second-order valence-electron chi connectivity index (χ2n) is 4.22. The van der Waals surface area contributed by atoms with Gasteiger partial charge in [0.05, 0.1) is 20.6 Å². The molecule has 0 radical (unpaired) electrons. The van der Waals surface area contributed by atoms with E-state index >= 15 is 0 Å². The Balaban J connectivity index is 1.92. The Bertz CT molecular complexity index is 567. The van der Waals surface area contributed by atoms with Crippen molar-refractivity contribution in [3.63, 3.8) is 0 Å². The molecule has 0 fully saturated rings. The maximum atomic E-state index is 11.7. The molecule has 0 saturated heterocycles. The van der Waals surface area contributed by atoms with Crippen LogP contribution < -0.4 is 14.8 Å². The van der Waals surface area contributed by atoms with Crippen LogP contribution in [0.2, 0.25) is 0 Å². The molecule has 0 spiro atoms. The number of amides is 1. The van der Waals surface area contributed by atoms with Gasteiger partial charge in [-0.05, 0) is 23.8 Å². The topological polar surface area (TPSA) is 76.2 Å². The van der Waals surface area contributed by atoms with Gasteiger partial charge in [-0.1, -0.05) is 6.07 Å². The zero-order valence-corrected chi connectivity index (χ0v) is 11.5. The number of nitrogens with one attached hydrogen (secondary N) is 2. The van der Waals surface area contributed by atoms with Gasteiger partial charge >= 0.3 is 0 Å². The summed E-state index contributed by atoms with van der Waals surface area (Å²) in [5.41, 5.74) is 1.73. The minimum absolute atomic E-state index is 0.0657. The van der Waals surface area contributed by atoms with Crippen molar-refractivity contribution in [3.05, 3.63) is 41.7 Å². The monoisotopic (exact) mass is 275 g/mol. The van der Waals surface area contributed by atoms with Crippen LogP contribution in [0, 0.1) is 0 Å². The second-order valence-corrected chi connectivity index (χ2v) is 4.22. The molecule has 0 saturated carbocycles. The van der Waals surface area contributed by atoms with Crippen molar-refractivity contribution < 1.29 is 14.3 Å². The standard InChI is InChI=1S/C14H17N3O3/c1-19-12-4-3-10(7-13(12)20-2)9-15-14(18)8-11-5-6-16-17-11/h3-7H,8-9H2,1-2H3,(H,15,18)(H,16,17). The second kappa shape index (κ2) is 6.60. The highest BCUT2D eigenvalue weighted by Gasteiger charge is 2.07. The molecule has 0 atom stereocenters. The molecule has 106 valence electrons. The van der Waals surface area contributed by atoms with E-state index in [1.165, 1.54) is 0 Å². The van der Waals surface area contributed by atoms with Crippen LogP contribution in [0.1, 0.15) is 11.3 Å². The highest BCUT2D eigenvalue weighted by atomic mass is 16.5. The fourth-order valence-corrected chi connectivity index (χ4v) is 1.81. The van der Waals surface area contributed by atoms with E-state index in [-0.39, 0.29) is 12.3 Å². The molecule has 1 heterocycles. The normalized spacial score (nSPS) is 10.1. The van der Waals surface area contributed by atoms with Crippen LogP contribution in [-0.2, 0) is 17.8 Å². The SMILES string of the molecule is COc1ccc(CNC(=O)Cc2ccn[nH]2)cc1OC. The van der Waals surface area contributed by atoms with Gasteiger partial charge in [-0.15, -0.1) is 0 Å². The summed E-state index contributed by atoms with van der Waals surface area (Å²) in [5, 5.41) is 9.39. The third-order valence-corrected chi connectivity index (χ3v) is 2.85. The molecule has 0 aliphatic rings. The summed E-state index contributed by atoms with van der Waals surface area (Å²) in [5.74, 6) is 1.25. The summed E-state index contributed by atoms with van der Waals surface area (Å²) in [7, 11) is 3.17. The molecule has 2 N–H and O–H groups in total. The lowest BCUT2D eigenvalue weighted by Gasteiger charge is -2.10. The Labute approximate surface area is 117 Å². The fraction of sp³-hybridized carbons (Fsp3) is 0.286. The predicted octanol–water partition coefficient (Wildman–Crippen LogP) is 1.29. The fourth-order valence-electron chi connectivity index (χ4n) is 1.81. The minimum atomic E-state index is -0.0657. The smallest absolute Gasteiger partial charge is 0.226 e. The molecule has 2 rings (SSSR count). The Morgan fingerprint density at radius 2 is 2.05 bits per heavy atom. The number of methoxy groups -OCH3 is 2. The Morgan fingerprint density at radius 1 is 1.25 bits per heavy atom. The molecule has 20 heavy (non-hydrogen) atoms. The highest BCUT2D eigenvalue weighted by molar-refractivity contribution is 5.78. The maximum absolute atomic E-state index is 11.7. The van der Waals surface area contributed by atoms with Crippen molar-refractivity contribution in [3.8, 4) is 11.5 Å². The van der Waals surface area contributed by atoms with Crippen LogP contribution in [-0.4, -0.2) is 30.3 Å². The molecule has 0 bridgehead atoms. The molecule has 0 unspecified atom stereocenters. The van der Waals surface area contributed by atoms with Crippen LogP contribution in [0.5, 0.6) is 11.5 Å². The number of H-pyrrole nitrogens is 1. The van der Waals surface area contributed by atoms with E-state index in [0.717, 1.165) is 11.3 Å². The lowest BCUT2D eigenvalue weighted by molar-refractivity contribution is -0.120. The Hall–Kier alpha value is -2.50. The van der Waals surface area contributed by atoms with Gasteiger partial charge in [0.15, 0.2) is 11.5 Å². The lowest BCUT2D eigenvalue weighted by Crippen LogP contribution is -2.24. The van der Waals surface area contributed by atoms with Gasteiger partial charge in [0.1, 0.15) is 0 Å². The summed E-state index contributed by atoms with van der Waals surface area (Å²) >= 11 is 0. The number of aromatic amines is 1. The van der Waals surface area contributed by atoms with Crippen LogP contribution in [0.4, 0.5) is 0 Å². The van der Waals surface area contributed by atoms with E-state index in [1.54, 1.807) is 26.5 Å². The van der Waals surface area contributed by atoms with Crippen molar-refractivity contribution in [2.24, 2.45) is 0 Å². The van der Waals surface area contributed by atoms with Crippen molar-refractivity contribution in [2.45, 2.75) is 13.0 Å². The highest BCUT2D eigenvalue weighted by Crippen LogP contribution is 2.27. The number of ether oxygens (including phenoxy) is 2. The number of carbonyl (C=O) groups excluding carboxylic acids is 1. The third-order valence-electron chi connectivity index (χ3n) is 2.85. The van der Waals surface area contributed by atoms with Gasteiger partial charge in [-0.25, -0.2) is 0 Å². The van der Waals surface area contributed by atoms with Gasteiger partial charge in [0.25, 0.3) is 0 Å². The van der Waals surface area contributed by atoms with Gasteiger partial charge < -0.3 is 14.8 Å². The summed E-state index contributed by atoms with van der Waals surface area (Å²) in [6.07, 6.45) is 1.91. The molecule has 2 aromatic rings. The van der Waals surface area contributed by atoms with E-state index in [2.05, 4.69) is 15.5 Å². The first kappa shape index (κ1) is 13.9. The van der Waals surface area contributed by atoms with E-state index in [4.69, 9.17) is 9.47 Å². The molecule has 6 nitrogen and oxygen atoms in total. The first-order valence-electron chi connectivity index (χ1n) is 6.18. The number of rotatable bonds is 6. The zero-order chi connectivity index (χ0) is 14.4. The quantitative estimate of drug-likeness (QED) is 0.832. The number of nitrogens with zero attached hydrogens (tertiary/aromatic N) is 1.